The summed E-state index contributed by atoms with van der Waals surface area (Å²) >= 11 is 0. The van der Waals surface area contributed by atoms with E-state index in [1.54, 1.807) is 6.92 Å². The van der Waals surface area contributed by atoms with Crippen LogP contribution >= 0.6 is 0 Å². The average Bonchev–Trinajstić information content (AvgIpc) is 2.60. The van der Waals surface area contributed by atoms with E-state index in [9.17, 15) is 13.2 Å². The van der Waals surface area contributed by atoms with Gasteiger partial charge in [0.15, 0.2) is 0 Å². The Labute approximate surface area is 112 Å². The highest BCUT2D eigenvalue weighted by Gasteiger charge is 2.25. The van der Waals surface area contributed by atoms with Crippen molar-refractivity contribution >= 4 is 16.0 Å². The first-order chi connectivity index (χ1) is 8.69. The second kappa shape index (κ2) is 6.16. The number of carboxylic acids is 1. The van der Waals surface area contributed by atoms with Crippen molar-refractivity contribution in [2.75, 3.05) is 0 Å². The van der Waals surface area contributed by atoms with Crippen LogP contribution in [0.15, 0.2) is 10.6 Å². The zero-order chi connectivity index (χ0) is 14.6. The number of carboxylic acid groups (broad SMARTS) is 1. The minimum absolute atomic E-state index is 0.0677. The van der Waals surface area contributed by atoms with Crippen LogP contribution in [0.25, 0.3) is 0 Å². The number of aromatic nitrogens is 1. The van der Waals surface area contributed by atoms with Crippen LogP contribution in [-0.2, 0) is 20.6 Å². The van der Waals surface area contributed by atoms with E-state index in [0.717, 1.165) is 0 Å². The third-order valence-electron chi connectivity index (χ3n) is 2.34. The summed E-state index contributed by atoms with van der Waals surface area (Å²) in [5.41, 5.74) is 0.249. The summed E-state index contributed by atoms with van der Waals surface area (Å²) < 4.78 is 30.6. The fraction of sp³-hybridized carbons (Fsp3) is 0.636. The number of rotatable bonds is 7. The molecule has 0 spiro atoms. The van der Waals surface area contributed by atoms with Crippen molar-refractivity contribution < 1.29 is 22.8 Å². The zero-order valence-corrected chi connectivity index (χ0v) is 11.9. The molecule has 0 saturated carbocycles. The number of carbonyl (C=O) groups is 1. The number of aryl methyl sites for hydroxylation is 1. The van der Waals surface area contributed by atoms with Crippen molar-refractivity contribution in [1.82, 2.24) is 9.88 Å². The van der Waals surface area contributed by atoms with E-state index < -0.39 is 27.8 Å². The van der Waals surface area contributed by atoms with Gasteiger partial charge >= 0.3 is 5.97 Å². The summed E-state index contributed by atoms with van der Waals surface area (Å²) in [5, 5.41) is 12.6. The Morgan fingerprint density at radius 1 is 1.53 bits per heavy atom. The summed E-state index contributed by atoms with van der Waals surface area (Å²) in [6.45, 7) is 5.30. The van der Waals surface area contributed by atoms with Crippen molar-refractivity contribution in [2.45, 2.75) is 39.0 Å². The largest absolute Gasteiger partial charge is 0.480 e. The lowest BCUT2D eigenvalue weighted by Crippen LogP contribution is -2.42. The molecule has 7 nitrogen and oxygen atoms in total. The van der Waals surface area contributed by atoms with Crippen LogP contribution in [-0.4, -0.2) is 30.7 Å². The SMILES string of the molecule is Cc1cc(CS(=O)(=O)N[C@@H](CC(C)C)C(=O)O)no1. The predicted molar refractivity (Wildman–Crippen MR) is 67.9 cm³/mol. The topological polar surface area (TPSA) is 110 Å². The minimum Gasteiger partial charge on any atom is -0.480 e. The van der Waals surface area contributed by atoms with Gasteiger partial charge in [-0.1, -0.05) is 19.0 Å². The van der Waals surface area contributed by atoms with Crippen molar-refractivity contribution in [2.24, 2.45) is 5.92 Å². The molecule has 0 aromatic carbocycles. The average molecular weight is 290 g/mol. The van der Waals surface area contributed by atoms with Crippen molar-refractivity contribution in [3.8, 4) is 0 Å². The van der Waals surface area contributed by atoms with Gasteiger partial charge in [0, 0.05) is 6.07 Å². The Morgan fingerprint density at radius 3 is 2.58 bits per heavy atom. The first-order valence-corrected chi connectivity index (χ1v) is 7.50. The maximum Gasteiger partial charge on any atom is 0.321 e. The van der Waals surface area contributed by atoms with E-state index in [1.165, 1.54) is 6.07 Å². The molecule has 0 fully saturated rings. The summed E-state index contributed by atoms with van der Waals surface area (Å²) in [7, 11) is -3.76. The Balaban J connectivity index is 2.74. The first-order valence-electron chi connectivity index (χ1n) is 5.84. The van der Waals surface area contributed by atoms with Crippen molar-refractivity contribution in [1.29, 1.82) is 0 Å². The molecule has 0 aliphatic heterocycles. The van der Waals surface area contributed by atoms with Gasteiger partial charge in [-0.05, 0) is 19.3 Å². The van der Waals surface area contributed by atoms with E-state index in [-0.39, 0.29) is 18.0 Å². The van der Waals surface area contributed by atoms with Gasteiger partial charge in [-0.3, -0.25) is 4.79 Å². The summed E-state index contributed by atoms with van der Waals surface area (Å²) in [4.78, 5) is 11.0. The number of sulfonamides is 1. The molecule has 0 aliphatic carbocycles. The van der Waals surface area contributed by atoms with Gasteiger partial charge in [-0.2, -0.15) is 0 Å². The van der Waals surface area contributed by atoms with E-state index in [1.807, 2.05) is 13.8 Å². The number of aliphatic carboxylic acids is 1. The van der Waals surface area contributed by atoms with Gasteiger partial charge in [-0.25, -0.2) is 13.1 Å². The Bertz CT molecular complexity index is 535. The zero-order valence-electron chi connectivity index (χ0n) is 11.1. The summed E-state index contributed by atoms with van der Waals surface area (Å²) in [6, 6.07) is 0.371. The second-order valence-corrected chi connectivity index (χ2v) is 6.58. The normalized spacial score (nSPS) is 13.7. The van der Waals surface area contributed by atoms with Gasteiger partial charge in [0.2, 0.25) is 10.0 Å². The highest BCUT2D eigenvalue weighted by atomic mass is 32.2. The number of nitrogens with one attached hydrogen (secondary N) is 1. The van der Waals surface area contributed by atoms with Crippen molar-refractivity contribution in [3.63, 3.8) is 0 Å². The fourth-order valence-electron chi connectivity index (χ4n) is 1.61. The Morgan fingerprint density at radius 2 is 2.16 bits per heavy atom. The molecule has 1 heterocycles. The van der Waals surface area contributed by atoms with Crippen LogP contribution in [0.4, 0.5) is 0 Å². The molecule has 0 saturated heterocycles. The molecule has 1 atom stereocenters. The number of hydrogen-bond acceptors (Lipinski definition) is 5. The minimum atomic E-state index is -3.76. The molecular formula is C11H18N2O5S. The number of nitrogens with zero attached hydrogens (tertiary/aromatic N) is 1. The number of hydrogen-bond donors (Lipinski definition) is 2. The summed E-state index contributed by atoms with van der Waals surface area (Å²) in [5.74, 6) is -1.01. The molecule has 0 radical (unpaired) electrons. The van der Waals surface area contributed by atoms with Crippen LogP contribution in [0.5, 0.6) is 0 Å². The molecule has 1 rings (SSSR count). The van der Waals surface area contributed by atoms with Gasteiger partial charge < -0.3 is 9.63 Å². The molecule has 1 aromatic rings. The lowest BCUT2D eigenvalue weighted by molar-refractivity contribution is -0.139. The highest BCUT2D eigenvalue weighted by Crippen LogP contribution is 2.10. The fourth-order valence-corrected chi connectivity index (χ4v) is 2.85. The van der Waals surface area contributed by atoms with Gasteiger partial charge in [-0.15, -0.1) is 0 Å². The van der Waals surface area contributed by atoms with Crippen LogP contribution in [0.3, 0.4) is 0 Å². The van der Waals surface area contributed by atoms with Crippen LogP contribution in [0, 0.1) is 12.8 Å². The molecule has 8 heteroatoms. The van der Waals surface area contributed by atoms with Crippen LogP contribution in [0.2, 0.25) is 0 Å². The molecule has 2 N–H and O–H groups in total. The molecule has 0 unspecified atom stereocenters. The van der Waals surface area contributed by atoms with Gasteiger partial charge in [0.25, 0.3) is 0 Å². The molecule has 108 valence electrons. The maximum atomic E-state index is 11.8. The Kier molecular flexibility index (Phi) is 5.07. The van der Waals surface area contributed by atoms with E-state index in [0.29, 0.717) is 5.76 Å². The van der Waals surface area contributed by atoms with Crippen molar-refractivity contribution in [3.05, 3.63) is 17.5 Å². The standard InChI is InChI=1S/C11H18N2O5S/c1-7(2)4-10(11(14)15)13-19(16,17)6-9-5-8(3)18-12-9/h5,7,10,13H,4,6H2,1-3H3,(H,14,15)/t10-/m0/s1. The van der Waals surface area contributed by atoms with Crippen LogP contribution in [0.1, 0.15) is 31.7 Å². The molecule has 1 aromatic heterocycles. The molecule has 0 aliphatic rings. The van der Waals surface area contributed by atoms with E-state index in [2.05, 4.69) is 9.88 Å². The lowest BCUT2D eigenvalue weighted by atomic mass is 10.1. The summed E-state index contributed by atoms with van der Waals surface area (Å²) in [6.07, 6.45) is 0.229. The second-order valence-electron chi connectivity index (χ2n) is 4.83. The quantitative estimate of drug-likeness (QED) is 0.772. The maximum absolute atomic E-state index is 11.8. The van der Waals surface area contributed by atoms with Crippen LogP contribution < -0.4 is 4.72 Å². The monoisotopic (exact) mass is 290 g/mol. The lowest BCUT2D eigenvalue weighted by Gasteiger charge is -2.16. The van der Waals surface area contributed by atoms with E-state index in [4.69, 9.17) is 9.63 Å². The predicted octanol–water partition coefficient (Wildman–Crippen LogP) is 0.902. The third-order valence-corrected chi connectivity index (χ3v) is 3.66. The molecule has 19 heavy (non-hydrogen) atoms. The van der Waals surface area contributed by atoms with Gasteiger partial charge in [0.1, 0.15) is 23.2 Å². The highest BCUT2D eigenvalue weighted by molar-refractivity contribution is 7.88. The Hall–Kier alpha value is -1.41. The molecule has 0 amide bonds. The van der Waals surface area contributed by atoms with Gasteiger partial charge in [0.05, 0.1) is 0 Å². The first kappa shape index (κ1) is 15.6. The molecule has 0 bridgehead atoms. The third kappa shape index (κ3) is 5.39. The molecular weight excluding hydrogens is 272 g/mol. The smallest absolute Gasteiger partial charge is 0.321 e. The van der Waals surface area contributed by atoms with E-state index >= 15 is 0 Å².